The van der Waals surface area contributed by atoms with Crippen LogP contribution in [0.4, 0.5) is 0 Å². The second-order valence-corrected chi connectivity index (χ2v) is 5.74. The molecule has 0 aliphatic heterocycles. The van der Waals surface area contributed by atoms with E-state index in [1.165, 1.54) is 0 Å². The fourth-order valence-electron chi connectivity index (χ4n) is 2.50. The van der Waals surface area contributed by atoms with E-state index in [4.69, 9.17) is 0 Å². The van der Waals surface area contributed by atoms with Crippen molar-refractivity contribution in [3.63, 3.8) is 0 Å². The number of aromatic nitrogens is 2. The second-order valence-electron chi connectivity index (χ2n) is 5.74. The van der Waals surface area contributed by atoms with Crippen LogP contribution in [0.15, 0.2) is 47.4 Å². The van der Waals surface area contributed by atoms with Crippen molar-refractivity contribution in [3.05, 3.63) is 64.2 Å². The van der Waals surface area contributed by atoms with Gasteiger partial charge < -0.3 is 19.6 Å². The first kappa shape index (κ1) is 14.6. The van der Waals surface area contributed by atoms with Gasteiger partial charge in [0.05, 0.1) is 12.3 Å². The Bertz CT molecular complexity index is 873. The molecule has 0 fully saturated rings. The lowest BCUT2D eigenvalue weighted by atomic mass is 9.95. The number of aliphatic hydroxyl groups excluding tert-OH is 1. The number of benzene rings is 1. The van der Waals surface area contributed by atoms with Gasteiger partial charge in [0, 0.05) is 11.9 Å². The molecule has 0 saturated heterocycles. The Morgan fingerprint density at radius 2 is 1.86 bits per heavy atom. The van der Waals surface area contributed by atoms with Crippen LogP contribution in [0.1, 0.15) is 18.2 Å². The van der Waals surface area contributed by atoms with E-state index in [0.717, 1.165) is 11.3 Å². The first-order chi connectivity index (χ1) is 10.4. The monoisotopic (exact) mass is 298 g/mol. The zero-order valence-corrected chi connectivity index (χ0v) is 12.5. The minimum Gasteiger partial charge on any atom is -0.393 e. The van der Waals surface area contributed by atoms with E-state index in [0.29, 0.717) is 16.8 Å². The second kappa shape index (κ2) is 5.12. The molecule has 3 rings (SSSR count). The highest BCUT2D eigenvalue weighted by atomic mass is 16.3. The number of rotatable bonds is 3. The first-order valence-electron chi connectivity index (χ1n) is 7.07. The van der Waals surface area contributed by atoms with Gasteiger partial charge in [0.25, 0.3) is 5.56 Å². The van der Waals surface area contributed by atoms with E-state index >= 15 is 0 Å². The maximum atomic E-state index is 12.1. The minimum atomic E-state index is -1.27. The maximum Gasteiger partial charge on any atom is 0.272 e. The van der Waals surface area contributed by atoms with E-state index in [9.17, 15) is 15.0 Å². The van der Waals surface area contributed by atoms with Gasteiger partial charge in [-0.15, -0.1) is 0 Å². The standard InChI is InChI=1S/C17H18N2O3/c1-11-3-8-15-16(21)18-14(9-19(11)15)12-4-6-13(7-5-12)17(2,22)10-20/h3-9,20,22H,10H2,1-2H3,(H,18,21)/t17-/m1/s1. The van der Waals surface area contributed by atoms with Gasteiger partial charge in [-0.05, 0) is 37.1 Å². The molecule has 3 aromatic rings. The van der Waals surface area contributed by atoms with E-state index in [-0.39, 0.29) is 12.2 Å². The third-order valence-electron chi connectivity index (χ3n) is 3.99. The number of aryl methyl sites for hydroxylation is 1. The zero-order valence-electron chi connectivity index (χ0n) is 12.5. The largest absolute Gasteiger partial charge is 0.393 e. The number of hydrogen-bond donors (Lipinski definition) is 3. The SMILES string of the molecule is Cc1ccc2c(=O)[nH]c(-c3ccc([C@](C)(O)CO)cc3)cn12. The van der Waals surface area contributed by atoms with Gasteiger partial charge in [0.1, 0.15) is 11.1 Å². The highest BCUT2D eigenvalue weighted by molar-refractivity contribution is 5.61. The number of aromatic amines is 1. The Kier molecular flexibility index (Phi) is 3.39. The highest BCUT2D eigenvalue weighted by Gasteiger charge is 2.21. The van der Waals surface area contributed by atoms with Gasteiger partial charge in [-0.1, -0.05) is 24.3 Å². The molecule has 5 nitrogen and oxygen atoms in total. The van der Waals surface area contributed by atoms with Crippen LogP contribution in [0.3, 0.4) is 0 Å². The van der Waals surface area contributed by atoms with Crippen molar-refractivity contribution in [1.82, 2.24) is 9.38 Å². The predicted molar refractivity (Wildman–Crippen MR) is 84.8 cm³/mol. The molecule has 0 bridgehead atoms. The lowest BCUT2D eigenvalue weighted by Crippen LogP contribution is -2.25. The first-order valence-corrected chi connectivity index (χ1v) is 7.07. The summed E-state index contributed by atoms with van der Waals surface area (Å²) in [6.07, 6.45) is 1.88. The molecule has 0 aliphatic carbocycles. The molecule has 2 heterocycles. The molecule has 0 saturated carbocycles. The average molecular weight is 298 g/mol. The Hall–Kier alpha value is -2.37. The quantitative estimate of drug-likeness (QED) is 0.690. The summed E-state index contributed by atoms with van der Waals surface area (Å²) in [7, 11) is 0. The van der Waals surface area contributed by atoms with Crippen molar-refractivity contribution in [2.75, 3.05) is 6.61 Å². The molecular formula is C17H18N2O3. The van der Waals surface area contributed by atoms with Crippen LogP contribution < -0.4 is 5.56 Å². The van der Waals surface area contributed by atoms with Crippen molar-refractivity contribution in [1.29, 1.82) is 0 Å². The van der Waals surface area contributed by atoms with E-state index in [2.05, 4.69) is 4.98 Å². The molecule has 0 radical (unpaired) electrons. The summed E-state index contributed by atoms with van der Waals surface area (Å²) in [5.41, 5.74) is 2.35. The molecule has 2 aromatic heterocycles. The summed E-state index contributed by atoms with van der Waals surface area (Å²) in [6.45, 7) is 3.15. The Morgan fingerprint density at radius 3 is 2.50 bits per heavy atom. The Balaban J connectivity index is 2.08. The van der Waals surface area contributed by atoms with Crippen molar-refractivity contribution in [2.45, 2.75) is 19.4 Å². The zero-order chi connectivity index (χ0) is 15.9. The summed E-state index contributed by atoms with van der Waals surface area (Å²) in [5, 5.41) is 19.2. The maximum absolute atomic E-state index is 12.1. The van der Waals surface area contributed by atoms with E-state index in [1.54, 1.807) is 25.1 Å². The summed E-state index contributed by atoms with van der Waals surface area (Å²) < 4.78 is 1.85. The third-order valence-corrected chi connectivity index (χ3v) is 3.99. The fourth-order valence-corrected chi connectivity index (χ4v) is 2.50. The van der Waals surface area contributed by atoms with Crippen LogP contribution in [0, 0.1) is 6.92 Å². The molecule has 1 atom stereocenters. The molecule has 1 aromatic carbocycles. The van der Waals surface area contributed by atoms with Gasteiger partial charge in [-0.25, -0.2) is 0 Å². The number of hydrogen-bond acceptors (Lipinski definition) is 3. The predicted octanol–water partition coefficient (Wildman–Crippen LogP) is 1.80. The van der Waals surface area contributed by atoms with Crippen LogP contribution in [0.25, 0.3) is 16.8 Å². The summed E-state index contributed by atoms with van der Waals surface area (Å²) >= 11 is 0. The lowest BCUT2D eigenvalue weighted by molar-refractivity contribution is -0.00227. The van der Waals surface area contributed by atoms with Crippen molar-refractivity contribution < 1.29 is 10.2 Å². The average Bonchev–Trinajstić information content (AvgIpc) is 2.89. The lowest BCUT2D eigenvalue weighted by Gasteiger charge is -2.21. The Morgan fingerprint density at radius 1 is 1.18 bits per heavy atom. The summed E-state index contributed by atoms with van der Waals surface area (Å²) in [4.78, 5) is 15.0. The van der Waals surface area contributed by atoms with Crippen molar-refractivity contribution in [2.24, 2.45) is 0 Å². The molecule has 0 amide bonds. The molecule has 0 unspecified atom stereocenters. The third kappa shape index (κ3) is 2.34. The highest BCUT2D eigenvalue weighted by Crippen LogP contribution is 2.24. The molecule has 22 heavy (non-hydrogen) atoms. The molecule has 0 spiro atoms. The van der Waals surface area contributed by atoms with Gasteiger partial charge in [0.2, 0.25) is 0 Å². The van der Waals surface area contributed by atoms with Gasteiger partial charge in [-0.2, -0.15) is 0 Å². The molecule has 114 valence electrons. The van der Waals surface area contributed by atoms with Crippen LogP contribution in [-0.4, -0.2) is 26.2 Å². The van der Waals surface area contributed by atoms with Crippen molar-refractivity contribution >= 4 is 5.52 Å². The van der Waals surface area contributed by atoms with Crippen molar-refractivity contribution in [3.8, 4) is 11.3 Å². The van der Waals surface area contributed by atoms with Gasteiger partial charge in [-0.3, -0.25) is 4.79 Å². The van der Waals surface area contributed by atoms with Crippen LogP contribution in [-0.2, 0) is 5.60 Å². The number of aliphatic hydroxyl groups is 2. The minimum absolute atomic E-state index is 0.142. The molecule has 3 N–H and O–H groups in total. The summed E-state index contributed by atoms with van der Waals surface area (Å²) in [6, 6.07) is 10.8. The number of nitrogens with one attached hydrogen (secondary N) is 1. The van der Waals surface area contributed by atoms with Gasteiger partial charge in [0.15, 0.2) is 0 Å². The normalized spacial score (nSPS) is 14.2. The smallest absolute Gasteiger partial charge is 0.272 e. The molecule has 5 heteroatoms. The van der Waals surface area contributed by atoms with E-state index in [1.807, 2.05) is 35.7 Å². The Labute approximate surface area is 127 Å². The molecular weight excluding hydrogens is 280 g/mol. The fraction of sp³-hybridized carbons (Fsp3) is 0.235. The van der Waals surface area contributed by atoms with Crippen LogP contribution in [0.5, 0.6) is 0 Å². The topological polar surface area (TPSA) is 77.7 Å². The molecule has 0 aliphatic rings. The van der Waals surface area contributed by atoms with Crippen LogP contribution >= 0.6 is 0 Å². The number of fused-ring (bicyclic) bond motifs is 1. The number of nitrogens with zero attached hydrogens (tertiary/aromatic N) is 1. The van der Waals surface area contributed by atoms with E-state index < -0.39 is 5.60 Å². The summed E-state index contributed by atoms with van der Waals surface area (Å²) in [5.74, 6) is 0. The number of H-pyrrole nitrogens is 1. The van der Waals surface area contributed by atoms with Crippen LogP contribution in [0.2, 0.25) is 0 Å². The van der Waals surface area contributed by atoms with Gasteiger partial charge >= 0.3 is 0 Å².